The zero-order valence-electron chi connectivity index (χ0n) is 15.4. The van der Waals surface area contributed by atoms with E-state index in [1.54, 1.807) is 23.1 Å². The van der Waals surface area contributed by atoms with Gasteiger partial charge in [-0.1, -0.05) is 18.2 Å². The normalized spacial score (nSPS) is 17.5. The van der Waals surface area contributed by atoms with E-state index in [1.807, 2.05) is 0 Å². The van der Waals surface area contributed by atoms with E-state index in [9.17, 15) is 31.6 Å². The number of halogens is 3. The first-order valence-corrected chi connectivity index (χ1v) is 9.85. The Morgan fingerprint density at radius 2 is 1.93 bits per heavy atom. The van der Waals surface area contributed by atoms with Crippen molar-refractivity contribution >= 4 is 27.5 Å². The molecule has 2 N–H and O–H groups in total. The van der Waals surface area contributed by atoms with Crippen LogP contribution >= 0.6 is 0 Å². The molecule has 1 aliphatic heterocycles. The highest BCUT2D eigenvalue weighted by atomic mass is 32.2. The predicted molar refractivity (Wildman–Crippen MR) is 102 cm³/mol. The number of hydrogen-bond acceptors (Lipinski definition) is 7. The molecule has 160 valence electrons. The molecule has 2 aromatic rings. The first-order valence-electron chi connectivity index (χ1n) is 8.71. The van der Waals surface area contributed by atoms with E-state index in [1.165, 1.54) is 12.1 Å². The number of pyridine rings is 1. The number of carbonyl (C=O) groups is 1. The summed E-state index contributed by atoms with van der Waals surface area (Å²) >= 11 is 0. The number of nitrogens with zero attached hydrogens (tertiary/aromatic N) is 3. The van der Waals surface area contributed by atoms with Gasteiger partial charge in [0.2, 0.25) is 10.3 Å². The quantitative estimate of drug-likeness (QED) is 0.695. The third kappa shape index (κ3) is 4.96. The van der Waals surface area contributed by atoms with Crippen LogP contribution in [-0.4, -0.2) is 54.7 Å². The molecule has 0 saturated carbocycles. The van der Waals surface area contributed by atoms with Gasteiger partial charge in [-0.25, -0.2) is 4.98 Å². The lowest BCUT2D eigenvalue weighted by Gasteiger charge is -2.39. The van der Waals surface area contributed by atoms with Crippen molar-refractivity contribution in [3.63, 3.8) is 0 Å². The van der Waals surface area contributed by atoms with Crippen LogP contribution < -0.4 is 10.2 Å². The molecule has 0 radical (unpaired) electrons. The monoisotopic (exact) mass is 442 g/mol. The molecule has 8 nitrogen and oxygen atoms in total. The molecule has 1 aromatic heterocycles. The van der Waals surface area contributed by atoms with E-state index in [2.05, 4.69) is 10.3 Å². The van der Waals surface area contributed by atoms with E-state index in [0.717, 1.165) is 17.3 Å². The van der Waals surface area contributed by atoms with Crippen molar-refractivity contribution in [3.05, 3.63) is 59.3 Å². The zero-order chi connectivity index (χ0) is 21.9. The smallest absolute Gasteiger partial charge is 0.353 e. The lowest BCUT2D eigenvalue weighted by Crippen LogP contribution is -2.47. The van der Waals surface area contributed by atoms with Crippen LogP contribution in [-0.2, 0) is 16.5 Å². The standard InChI is InChI=1S/C18H17F3N4O4S/c19-18(20,21)12-5-6-16(22-9-12)24-7-8-25(27)15(10-24)13-3-1-2-4-14(13)17(26)23-11-30(28)29/h1-6,9,11,15,27H,7-8,10H2,(H,23,26). The maximum absolute atomic E-state index is 12.8. The molecule has 12 heteroatoms. The number of nitrogens with one attached hydrogen (secondary N) is 1. The molecule has 1 saturated heterocycles. The van der Waals surface area contributed by atoms with Crippen molar-refractivity contribution in [2.45, 2.75) is 12.2 Å². The van der Waals surface area contributed by atoms with Crippen LogP contribution in [0, 0.1) is 0 Å². The van der Waals surface area contributed by atoms with Gasteiger partial charge in [-0.15, -0.1) is 0 Å². The predicted octanol–water partition coefficient (Wildman–Crippen LogP) is 1.72. The molecule has 1 atom stereocenters. The molecule has 1 aliphatic rings. The summed E-state index contributed by atoms with van der Waals surface area (Å²) in [5, 5.41) is 13.5. The topological polar surface area (TPSA) is 103 Å². The Labute approximate surface area is 171 Å². The Bertz CT molecular complexity index is 1050. The average molecular weight is 442 g/mol. The summed E-state index contributed by atoms with van der Waals surface area (Å²) in [5.74, 6) is -0.369. The van der Waals surface area contributed by atoms with Gasteiger partial charge in [0.05, 0.1) is 11.6 Å². The van der Waals surface area contributed by atoms with Crippen LogP contribution in [0.2, 0.25) is 0 Å². The van der Waals surface area contributed by atoms with Gasteiger partial charge in [0.25, 0.3) is 5.91 Å². The summed E-state index contributed by atoms with van der Waals surface area (Å²) in [6.45, 7) is 0.610. The fourth-order valence-electron chi connectivity index (χ4n) is 3.15. The van der Waals surface area contributed by atoms with E-state index < -0.39 is 34.0 Å². The largest absolute Gasteiger partial charge is 0.417 e. The lowest BCUT2D eigenvalue weighted by atomic mass is 9.97. The van der Waals surface area contributed by atoms with Gasteiger partial charge in [-0.3, -0.25) is 4.79 Å². The highest BCUT2D eigenvalue weighted by Crippen LogP contribution is 2.31. The minimum atomic E-state index is -4.49. The van der Waals surface area contributed by atoms with Crippen molar-refractivity contribution in [3.8, 4) is 0 Å². The first kappa shape index (κ1) is 21.7. The molecular weight excluding hydrogens is 425 g/mol. The van der Waals surface area contributed by atoms with Crippen molar-refractivity contribution in [1.29, 1.82) is 0 Å². The fraction of sp³-hybridized carbons (Fsp3) is 0.278. The fourth-order valence-corrected chi connectivity index (χ4v) is 3.36. The van der Waals surface area contributed by atoms with Crippen LogP contribution in [0.1, 0.15) is 27.5 Å². The molecule has 1 unspecified atom stereocenters. The number of benzene rings is 1. The van der Waals surface area contributed by atoms with Gasteiger partial charge in [-0.05, 0) is 23.8 Å². The molecule has 1 aromatic carbocycles. The second-order valence-electron chi connectivity index (χ2n) is 6.47. The molecule has 30 heavy (non-hydrogen) atoms. The number of rotatable bonds is 4. The van der Waals surface area contributed by atoms with E-state index in [4.69, 9.17) is 0 Å². The molecule has 1 fully saturated rings. The summed E-state index contributed by atoms with van der Waals surface area (Å²) < 4.78 is 59.6. The number of aromatic nitrogens is 1. The summed E-state index contributed by atoms with van der Waals surface area (Å²) in [5.41, 5.74) is 0.331. The number of alkyl halides is 3. The number of amides is 1. The van der Waals surface area contributed by atoms with Crippen molar-refractivity contribution in [2.24, 2.45) is 0 Å². The number of piperazine rings is 1. The summed E-state index contributed by atoms with van der Waals surface area (Å²) in [4.78, 5) is 17.9. The van der Waals surface area contributed by atoms with Crippen LogP contribution in [0.15, 0.2) is 42.6 Å². The number of carbonyl (C=O) groups excluding carboxylic acids is 1. The van der Waals surface area contributed by atoms with Crippen LogP contribution in [0.5, 0.6) is 0 Å². The Kier molecular flexibility index (Phi) is 6.39. The van der Waals surface area contributed by atoms with E-state index >= 15 is 0 Å². The van der Waals surface area contributed by atoms with E-state index in [-0.39, 0.29) is 18.7 Å². The van der Waals surface area contributed by atoms with Gasteiger partial charge in [0, 0.05) is 31.4 Å². The Hall–Kier alpha value is -2.96. The Balaban J connectivity index is 1.86. The SMILES string of the molecule is O=C(NC=S(=O)=O)c1ccccc1C1CN(c2ccc(C(F)(F)F)cn2)CCN1O. The highest BCUT2D eigenvalue weighted by molar-refractivity contribution is 7.71. The first-order chi connectivity index (χ1) is 14.2. The van der Waals surface area contributed by atoms with Gasteiger partial charge < -0.3 is 15.4 Å². The summed E-state index contributed by atoms with van der Waals surface area (Å²) in [6.07, 6.45) is -3.75. The molecule has 0 aliphatic carbocycles. The Morgan fingerprint density at radius 1 is 1.20 bits per heavy atom. The Morgan fingerprint density at radius 3 is 2.57 bits per heavy atom. The molecule has 2 heterocycles. The molecule has 0 bridgehead atoms. The van der Waals surface area contributed by atoms with Crippen LogP contribution in [0.4, 0.5) is 19.0 Å². The minimum absolute atomic E-state index is 0.149. The van der Waals surface area contributed by atoms with Gasteiger partial charge >= 0.3 is 6.18 Å². The van der Waals surface area contributed by atoms with Gasteiger partial charge in [-0.2, -0.15) is 26.7 Å². The maximum Gasteiger partial charge on any atom is 0.417 e. The minimum Gasteiger partial charge on any atom is -0.353 e. The molecular formula is C18H17F3N4O4S. The molecule has 0 spiro atoms. The number of anilines is 1. The van der Waals surface area contributed by atoms with E-state index in [0.29, 0.717) is 23.4 Å². The van der Waals surface area contributed by atoms with Crippen molar-refractivity contribution < 1.29 is 31.6 Å². The zero-order valence-corrected chi connectivity index (χ0v) is 16.2. The second kappa shape index (κ2) is 8.81. The van der Waals surface area contributed by atoms with Crippen LogP contribution in [0.3, 0.4) is 0 Å². The molecule has 1 amide bonds. The lowest BCUT2D eigenvalue weighted by molar-refractivity contribution is -0.137. The number of hydroxylamine groups is 2. The summed E-state index contributed by atoms with van der Waals surface area (Å²) in [7, 11) is -2.58. The second-order valence-corrected chi connectivity index (χ2v) is 7.22. The summed E-state index contributed by atoms with van der Waals surface area (Å²) in [6, 6.07) is 7.84. The van der Waals surface area contributed by atoms with Crippen molar-refractivity contribution in [1.82, 2.24) is 15.4 Å². The highest BCUT2D eigenvalue weighted by Gasteiger charge is 2.33. The third-order valence-corrected chi connectivity index (χ3v) is 4.91. The third-order valence-electron chi connectivity index (χ3n) is 4.60. The van der Waals surface area contributed by atoms with Crippen molar-refractivity contribution in [2.75, 3.05) is 24.5 Å². The maximum atomic E-state index is 12.8. The molecule has 3 rings (SSSR count). The van der Waals surface area contributed by atoms with Gasteiger partial charge in [0.15, 0.2) is 0 Å². The average Bonchev–Trinajstić information content (AvgIpc) is 2.72. The van der Waals surface area contributed by atoms with Gasteiger partial charge in [0.1, 0.15) is 11.3 Å². The number of hydrogen-bond donors (Lipinski definition) is 2. The van der Waals surface area contributed by atoms with Crippen LogP contribution in [0.25, 0.3) is 0 Å².